The molecule has 1 N–H and O–H groups in total. The Morgan fingerprint density at radius 3 is 2.40 bits per heavy atom. The summed E-state index contributed by atoms with van der Waals surface area (Å²) in [6, 6.07) is 0. The first kappa shape index (κ1) is 7.15. The largest absolute Gasteiger partial charge is 0.388 e. The molecule has 0 fully saturated rings. The molecule has 0 radical (unpaired) electrons. The van der Waals surface area contributed by atoms with Gasteiger partial charge in [-0.1, -0.05) is 6.92 Å². The highest BCUT2D eigenvalue weighted by Gasteiger charge is 1.92. The lowest BCUT2D eigenvalue weighted by Crippen LogP contribution is -1.94. The number of rotatable bonds is 2. The number of aromatic nitrogens is 2. The molecule has 3 heteroatoms. The minimum absolute atomic E-state index is 0.0794. The molecule has 54 valence electrons. The third-order valence-corrected chi connectivity index (χ3v) is 1.31. The second kappa shape index (κ2) is 3.27. The summed E-state index contributed by atoms with van der Waals surface area (Å²) >= 11 is 0. The molecule has 0 saturated heterocycles. The van der Waals surface area contributed by atoms with Gasteiger partial charge in [-0.2, -0.15) is 0 Å². The molecule has 0 atom stereocenters. The molecular weight excluding hydrogens is 128 g/mol. The van der Waals surface area contributed by atoms with Crippen LogP contribution in [0.25, 0.3) is 0 Å². The summed E-state index contributed by atoms with van der Waals surface area (Å²) in [7, 11) is 0. The van der Waals surface area contributed by atoms with Gasteiger partial charge in [0.25, 0.3) is 0 Å². The van der Waals surface area contributed by atoms with Crippen molar-refractivity contribution in [3.8, 4) is 0 Å². The first-order valence-corrected chi connectivity index (χ1v) is 3.27. The minimum Gasteiger partial charge on any atom is -0.388 e. The Bertz CT molecular complexity index is 172. The summed E-state index contributed by atoms with van der Waals surface area (Å²) in [5.41, 5.74) is 1.09. The minimum atomic E-state index is -0.0794. The van der Waals surface area contributed by atoms with E-state index in [-0.39, 0.29) is 6.61 Å². The lowest BCUT2D eigenvalue weighted by molar-refractivity contribution is 0.271. The summed E-state index contributed by atoms with van der Waals surface area (Å²) in [4.78, 5) is 7.81. The Labute approximate surface area is 59.8 Å². The fourth-order valence-corrected chi connectivity index (χ4v) is 0.646. The SMILES string of the molecule is CCc1cnc(CO)nc1. The van der Waals surface area contributed by atoms with Crippen molar-refractivity contribution in [2.24, 2.45) is 0 Å². The van der Waals surface area contributed by atoms with Crippen molar-refractivity contribution in [1.29, 1.82) is 0 Å². The number of aliphatic hydroxyl groups is 1. The average Bonchev–Trinajstić information content (AvgIpc) is 2.05. The van der Waals surface area contributed by atoms with E-state index in [2.05, 4.69) is 9.97 Å². The summed E-state index contributed by atoms with van der Waals surface area (Å²) in [5, 5.41) is 8.58. The van der Waals surface area contributed by atoms with Crippen LogP contribution in [0.15, 0.2) is 12.4 Å². The van der Waals surface area contributed by atoms with Crippen LogP contribution in [-0.4, -0.2) is 15.1 Å². The zero-order valence-electron chi connectivity index (χ0n) is 5.91. The molecule has 0 bridgehead atoms. The van der Waals surface area contributed by atoms with Crippen LogP contribution in [0.1, 0.15) is 18.3 Å². The van der Waals surface area contributed by atoms with Gasteiger partial charge in [0, 0.05) is 12.4 Å². The number of aryl methyl sites for hydroxylation is 1. The Kier molecular flexibility index (Phi) is 2.34. The van der Waals surface area contributed by atoms with Crippen molar-refractivity contribution >= 4 is 0 Å². The normalized spacial score (nSPS) is 9.80. The van der Waals surface area contributed by atoms with Crippen LogP contribution in [0.3, 0.4) is 0 Å². The number of nitrogens with zero attached hydrogens (tertiary/aromatic N) is 2. The van der Waals surface area contributed by atoms with Crippen molar-refractivity contribution in [2.45, 2.75) is 20.0 Å². The van der Waals surface area contributed by atoms with Gasteiger partial charge in [0.15, 0.2) is 5.82 Å². The fourth-order valence-electron chi connectivity index (χ4n) is 0.646. The molecule has 10 heavy (non-hydrogen) atoms. The smallest absolute Gasteiger partial charge is 0.153 e. The summed E-state index contributed by atoms with van der Waals surface area (Å²) < 4.78 is 0. The van der Waals surface area contributed by atoms with Crippen molar-refractivity contribution in [2.75, 3.05) is 0 Å². The number of aliphatic hydroxyl groups excluding tert-OH is 1. The van der Waals surface area contributed by atoms with Crippen LogP contribution in [0.4, 0.5) is 0 Å². The van der Waals surface area contributed by atoms with Gasteiger partial charge in [-0.25, -0.2) is 9.97 Å². The van der Waals surface area contributed by atoms with Crippen molar-refractivity contribution in [1.82, 2.24) is 9.97 Å². The highest BCUT2D eigenvalue weighted by Crippen LogP contribution is 1.95. The second-order valence-electron chi connectivity index (χ2n) is 2.02. The van der Waals surface area contributed by atoms with Crippen LogP contribution >= 0.6 is 0 Å². The topological polar surface area (TPSA) is 46.0 Å². The standard InChI is InChI=1S/C7H10N2O/c1-2-6-3-8-7(5-10)9-4-6/h3-4,10H,2,5H2,1H3. The van der Waals surface area contributed by atoms with Gasteiger partial charge in [0.05, 0.1) is 0 Å². The molecular formula is C7H10N2O. The first-order valence-electron chi connectivity index (χ1n) is 3.27. The number of hydrogen-bond acceptors (Lipinski definition) is 3. The molecule has 0 aliphatic rings. The van der Waals surface area contributed by atoms with E-state index in [1.54, 1.807) is 12.4 Å². The third kappa shape index (κ3) is 1.51. The van der Waals surface area contributed by atoms with E-state index in [9.17, 15) is 0 Å². The van der Waals surface area contributed by atoms with Gasteiger partial charge in [0.2, 0.25) is 0 Å². The molecule has 0 aliphatic carbocycles. The van der Waals surface area contributed by atoms with Crippen LogP contribution < -0.4 is 0 Å². The Morgan fingerprint density at radius 2 is 2.00 bits per heavy atom. The van der Waals surface area contributed by atoms with E-state index in [1.165, 1.54) is 0 Å². The second-order valence-corrected chi connectivity index (χ2v) is 2.02. The molecule has 1 rings (SSSR count). The zero-order chi connectivity index (χ0) is 7.40. The summed E-state index contributed by atoms with van der Waals surface area (Å²) in [6.45, 7) is 1.96. The average molecular weight is 138 g/mol. The van der Waals surface area contributed by atoms with Gasteiger partial charge in [-0.3, -0.25) is 0 Å². The van der Waals surface area contributed by atoms with Gasteiger partial charge in [-0.15, -0.1) is 0 Å². The van der Waals surface area contributed by atoms with Gasteiger partial charge in [-0.05, 0) is 12.0 Å². The van der Waals surface area contributed by atoms with Crippen LogP contribution in [0.2, 0.25) is 0 Å². The predicted octanol–water partition coefficient (Wildman–Crippen LogP) is 0.531. The molecule has 1 aromatic rings. The maximum atomic E-state index is 8.58. The monoisotopic (exact) mass is 138 g/mol. The fraction of sp³-hybridized carbons (Fsp3) is 0.429. The quantitative estimate of drug-likeness (QED) is 0.648. The maximum absolute atomic E-state index is 8.58. The molecule has 0 saturated carbocycles. The number of hydrogen-bond donors (Lipinski definition) is 1. The molecule has 0 unspecified atom stereocenters. The van der Waals surface area contributed by atoms with Crippen LogP contribution in [0, 0.1) is 0 Å². The maximum Gasteiger partial charge on any atom is 0.153 e. The van der Waals surface area contributed by atoms with E-state index in [4.69, 9.17) is 5.11 Å². The molecule has 0 spiro atoms. The van der Waals surface area contributed by atoms with Gasteiger partial charge < -0.3 is 5.11 Å². The molecule has 3 nitrogen and oxygen atoms in total. The lowest BCUT2D eigenvalue weighted by atomic mass is 10.3. The van der Waals surface area contributed by atoms with Crippen molar-refractivity contribution in [3.63, 3.8) is 0 Å². The summed E-state index contributed by atoms with van der Waals surface area (Å²) in [6.07, 6.45) is 4.41. The van der Waals surface area contributed by atoms with Crippen LogP contribution in [0.5, 0.6) is 0 Å². The first-order chi connectivity index (χ1) is 4.86. The van der Waals surface area contributed by atoms with E-state index in [0.717, 1.165) is 12.0 Å². The van der Waals surface area contributed by atoms with Gasteiger partial charge >= 0.3 is 0 Å². The van der Waals surface area contributed by atoms with Crippen molar-refractivity contribution < 1.29 is 5.11 Å². The van der Waals surface area contributed by atoms with E-state index < -0.39 is 0 Å². The molecule has 0 aliphatic heterocycles. The highest BCUT2D eigenvalue weighted by atomic mass is 16.3. The molecule has 0 amide bonds. The Morgan fingerprint density at radius 1 is 1.40 bits per heavy atom. The van der Waals surface area contributed by atoms with E-state index in [1.807, 2.05) is 6.92 Å². The molecule has 0 aromatic carbocycles. The predicted molar refractivity (Wildman–Crippen MR) is 37.3 cm³/mol. The lowest BCUT2D eigenvalue weighted by Gasteiger charge is -1.95. The Hall–Kier alpha value is -0.960. The van der Waals surface area contributed by atoms with Gasteiger partial charge in [0.1, 0.15) is 6.61 Å². The molecule has 1 heterocycles. The van der Waals surface area contributed by atoms with Crippen molar-refractivity contribution in [3.05, 3.63) is 23.8 Å². The summed E-state index contributed by atoms with van der Waals surface area (Å²) in [5.74, 6) is 0.484. The third-order valence-electron chi connectivity index (χ3n) is 1.31. The molecule has 1 aromatic heterocycles. The highest BCUT2D eigenvalue weighted by molar-refractivity contribution is 5.03. The van der Waals surface area contributed by atoms with Crippen LogP contribution in [-0.2, 0) is 13.0 Å². The van der Waals surface area contributed by atoms with E-state index in [0.29, 0.717) is 5.82 Å². The zero-order valence-corrected chi connectivity index (χ0v) is 5.91. The Balaban J connectivity index is 2.80. The van der Waals surface area contributed by atoms with E-state index >= 15 is 0 Å².